The van der Waals surface area contributed by atoms with E-state index in [1.54, 1.807) is 0 Å². The van der Waals surface area contributed by atoms with Crippen LogP contribution in [-0.2, 0) is 0 Å². The fourth-order valence-corrected chi connectivity index (χ4v) is 20.8. The van der Waals surface area contributed by atoms with E-state index in [1.165, 1.54) is 202 Å². The zero-order chi connectivity index (χ0) is 83.6. The van der Waals surface area contributed by atoms with Gasteiger partial charge in [-0.1, -0.05) is 413 Å². The first-order valence-corrected chi connectivity index (χ1v) is 43.7. The number of furan rings is 3. The second kappa shape index (κ2) is 30.1. The molecule has 0 aliphatic carbocycles. The van der Waals surface area contributed by atoms with Crippen LogP contribution in [0.15, 0.2) is 474 Å². The molecule has 3 nitrogen and oxygen atoms in total. The Morgan fingerprint density at radius 2 is 0.425 bits per heavy atom. The number of fused-ring (bicyclic) bond motifs is 22. The molecule has 0 saturated heterocycles. The van der Waals surface area contributed by atoms with Gasteiger partial charge >= 0.3 is 0 Å². The fourth-order valence-electron chi connectivity index (χ4n) is 20.8. The first kappa shape index (κ1) is 73.0. The molecule has 0 aliphatic heterocycles. The molecule has 27 aromatic rings. The van der Waals surface area contributed by atoms with Crippen LogP contribution in [0.3, 0.4) is 0 Å². The highest BCUT2D eigenvalue weighted by molar-refractivity contribution is 6.32. The van der Waals surface area contributed by atoms with Gasteiger partial charge in [-0.05, 0) is 234 Å². The van der Waals surface area contributed by atoms with E-state index in [-0.39, 0.29) is 0 Å². The smallest absolute Gasteiger partial charge is 0.143 e. The largest absolute Gasteiger partial charge is 0.456 e. The molecular weight excluding hydrogens is 1540 g/mol. The van der Waals surface area contributed by atoms with Crippen molar-refractivity contribution in [1.82, 2.24) is 0 Å². The van der Waals surface area contributed by atoms with Crippen molar-refractivity contribution in [2.75, 3.05) is 0 Å². The minimum Gasteiger partial charge on any atom is -0.456 e. The normalized spacial score (nSPS) is 11.8. The van der Waals surface area contributed by atoms with Gasteiger partial charge in [0.1, 0.15) is 33.5 Å². The number of hydrogen-bond acceptors (Lipinski definition) is 3. The molecule has 27 rings (SSSR count). The van der Waals surface area contributed by atoms with Gasteiger partial charge in [-0.25, -0.2) is 0 Å². The monoisotopic (exact) mass is 1610 g/mol. The van der Waals surface area contributed by atoms with E-state index in [1.807, 2.05) is 6.07 Å². The molecule has 3 heterocycles. The SMILES string of the molecule is c1ccc(-c2c3ccccc3c(-c3cc4ccccc4c4oc5ccccc5c34)c3ccccc23)cc1.c1ccc(-c2ccccc2-c2c3ccccc3c(-c3cc4ccccc4c4oc5ccccc5c34)c3ccccc23)cc1.c1ccc2cc(-c3ccc(-c4c5ccccc5c(-c5ccc6oc7ccc8ccccc8c7c6c5)c5ccccc45)cc3)ccc2c1. The molecule has 0 N–H and O–H groups in total. The Morgan fingerprint density at radius 1 is 0.118 bits per heavy atom. The molecule has 3 aromatic heterocycles. The number of para-hydroxylation sites is 2. The lowest BCUT2D eigenvalue weighted by atomic mass is 9.82. The third-order valence-corrected chi connectivity index (χ3v) is 26.3. The molecule has 0 fully saturated rings. The van der Waals surface area contributed by atoms with E-state index in [0.717, 1.165) is 60.4 Å². The summed E-state index contributed by atoms with van der Waals surface area (Å²) in [5.41, 5.74) is 25.4. The van der Waals surface area contributed by atoms with Crippen molar-refractivity contribution in [1.29, 1.82) is 0 Å². The van der Waals surface area contributed by atoms with E-state index >= 15 is 0 Å². The molecule has 590 valence electrons. The summed E-state index contributed by atoms with van der Waals surface area (Å²) in [6.45, 7) is 0. The summed E-state index contributed by atoms with van der Waals surface area (Å²) in [4.78, 5) is 0. The first-order chi connectivity index (χ1) is 63.0. The third kappa shape index (κ3) is 12.0. The van der Waals surface area contributed by atoms with E-state index in [9.17, 15) is 0 Å². The minimum absolute atomic E-state index is 0.914. The van der Waals surface area contributed by atoms with Crippen LogP contribution in [0.5, 0.6) is 0 Å². The highest BCUT2D eigenvalue weighted by Gasteiger charge is 2.27. The van der Waals surface area contributed by atoms with E-state index in [0.29, 0.717) is 0 Å². The van der Waals surface area contributed by atoms with E-state index < -0.39 is 0 Å². The minimum atomic E-state index is 0.914. The summed E-state index contributed by atoms with van der Waals surface area (Å²) in [5, 5.41) is 31.6. The van der Waals surface area contributed by atoms with Crippen LogP contribution >= 0.6 is 0 Å². The summed E-state index contributed by atoms with van der Waals surface area (Å²) in [6.07, 6.45) is 0. The van der Waals surface area contributed by atoms with Crippen LogP contribution in [0.1, 0.15) is 0 Å². The van der Waals surface area contributed by atoms with Crippen LogP contribution in [0.4, 0.5) is 0 Å². The zero-order valence-electron chi connectivity index (χ0n) is 69.1. The van der Waals surface area contributed by atoms with Crippen molar-refractivity contribution in [3.05, 3.63) is 461 Å². The highest BCUT2D eigenvalue weighted by Crippen LogP contribution is 2.54. The van der Waals surface area contributed by atoms with Crippen LogP contribution in [-0.4, -0.2) is 0 Å². The van der Waals surface area contributed by atoms with Gasteiger partial charge in [-0.15, -0.1) is 0 Å². The molecule has 0 aliphatic rings. The molecule has 3 heteroatoms. The van der Waals surface area contributed by atoms with Crippen molar-refractivity contribution in [2.45, 2.75) is 0 Å². The number of benzene rings is 24. The van der Waals surface area contributed by atoms with Crippen LogP contribution in [0.25, 0.3) is 263 Å². The van der Waals surface area contributed by atoms with Gasteiger partial charge in [0.05, 0.1) is 0 Å². The average molecular weight is 1610 g/mol. The molecule has 0 bridgehead atoms. The Bertz CT molecular complexity index is 8970. The lowest BCUT2D eigenvalue weighted by molar-refractivity contribution is 0.669. The molecular formula is C124H76O3. The van der Waals surface area contributed by atoms with Crippen molar-refractivity contribution in [3.8, 4) is 89.0 Å². The van der Waals surface area contributed by atoms with Gasteiger partial charge in [0.15, 0.2) is 0 Å². The van der Waals surface area contributed by atoms with Crippen LogP contribution in [0, 0.1) is 0 Å². The highest BCUT2D eigenvalue weighted by atomic mass is 16.3. The summed E-state index contributed by atoms with van der Waals surface area (Å²) in [6, 6.07) is 166. The van der Waals surface area contributed by atoms with Crippen molar-refractivity contribution in [2.24, 2.45) is 0 Å². The lowest BCUT2D eigenvalue weighted by Gasteiger charge is -2.20. The maximum Gasteiger partial charge on any atom is 0.143 e. The van der Waals surface area contributed by atoms with Crippen LogP contribution < -0.4 is 0 Å². The average Bonchev–Trinajstić information content (AvgIpc) is 1.29. The zero-order valence-corrected chi connectivity index (χ0v) is 69.1. The van der Waals surface area contributed by atoms with Gasteiger partial charge in [0, 0.05) is 43.1 Å². The quantitative estimate of drug-likeness (QED) is 0.142. The Kier molecular flexibility index (Phi) is 17.3. The number of hydrogen-bond donors (Lipinski definition) is 0. The maximum atomic E-state index is 6.61. The Hall–Kier alpha value is -16.7. The van der Waals surface area contributed by atoms with E-state index in [2.05, 4.69) is 455 Å². The molecule has 0 spiro atoms. The summed E-state index contributed by atoms with van der Waals surface area (Å²) < 4.78 is 19.5. The van der Waals surface area contributed by atoms with Crippen molar-refractivity contribution >= 4 is 174 Å². The van der Waals surface area contributed by atoms with Gasteiger partial charge in [-0.2, -0.15) is 0 Å². The Labute approximate surface area is 731 Å². The molecule has 24 aromatic carbocycles. The standard InChI is InChI=1S/C46H28O.C42H26O.C36H22O/c1-2-11-33-27-34(22-19-29(33)9-1)30-17-20-32(21-18-30)44-37-13-5-7-15-39(37)45(40-16-8-6-14-38(40)44)35-24-25-42-41(28-35)46-36-12-4-3-10-31(36)23-26-43(46)47-42;1-2-14-27(15-3-1)29-17-6-7-19-31(29)39-32-20-8-10-22-34(32)40(35-23-11-9-21-33(35)39)37-26-28-16-4-5-18-30(28)42-41(37)36-24-12-13-25-38(36)43-42;1-2-12-23(13-3-1)33-26-16-6-8-18-28(26)34(29-19-9-7-17-27(29)33)31-22-24-14-4-5-15-25(24)36-35(31)30-20-10-11-21-32(30)37-36/h1-28H;1-26H;1-22H. The Balaban J connectivity index is 0.000000104. The predicted molar refractivity (Wildman–Crippen MR) is 540 cm³/mol. The second-order valence-corrected chi connectivity index (χ2v) is 33.3. The Morgan fingerprint density at radius 3 is 0.906 bits per heavy atom. The van der Waals surface area contributed by atoms with Gasteiger partial charge < -0.3 is 13.3 Å². The summed E-state index contributed by atoms with van der Waals surface area (Å²) in [7, 11) is 0. The van der Waals surface area contributed by atoms with Gasteiger partial charge in [-0.3, -0.25) is 0 Å². The van der Waals surface area contributed by atoms with Gasteiger partial charge in [0.2, 0.25) is 0 Å². The molecule has 0 amide bonds. The molecule has 0 saturated carbocycles. The second-order valence-electron chi connectivity index (χ2n) is 33.3. The lowest BCUT2D eigenvalue weighted by Crippen LogP contribution is -1.93. The molecule has 127 heavy (non-hydrogen) atoms. The predicted octanol–water partition coefficient (Wildman–Crippen LogP) is 35.6. The van der Waals surface area contributed by atoms with Gasteiger partial charge in [0.25, 0.3) is 0 Å². The summed E-state index contributed by atoms with van der Waals surface area (Å²) >= 11 is 0. The third-order valence-electron chi connectivity index (χ3n) is 26.3. The van der Waals surface area contributed by atoms with Crippen LogP contribution in [0.2, 0.25) is 0 Å². The van der Waals surface area contributed by atoms with Crippen molar-refractivity contribution in [3.63, 3.8) is 0 Å². The topological polar surface area (TPSA) is 39.4 Å². The summed E-state index contributed by atoms with van der Waals surface area (Å²) in [5.74, 6) is 0. The fraction of sp³-hybridized carbons (Fsp3) is 0. The van der Waals surface area contributed by atoms with E-state index in [4.69, 9.17) is 13.3 Å². The molecule has 0 unspecified atom stereocenters. The first-order valence-electron chi connectivity index (χ1n) is 43.7. The number of rotatable bonds is 8. The maximum absolute atomic E-state index is 6.61. The molecule has 0 atom stereocenters. The molecule has 0 radical (unpaired) electrons. The van der Waals surface area contributed by atoms with Crippen molar-refractivity contribution < 1.29 is 13.3 Å².